The molecule has 0 aromatic heterocycles. The Hall–Kier alpha value is -1.02. The van der Waals surface area contributed by atoms with Crippen LogP contribution in [0.4, 0.5) is 5.69 Å². The van der Waals surface area contributed by atoms with Crippen molar-refractivity contribution in [2.45, 2.75) is 38.1 Å². The van der Waals surface area contributed by atoms with Gasteiger partial charge in [0.05, 0.1) is 0 Å². The van der Waals surface area contributed by atoms with Crippen LogP contribution in [-0.2, 0) is 4.79 Å². The van der Waals surface area contributed by atoms with E-state index in [-0.39, 0.29) is 5.91 Å². The van der Waals surface area contributed by atoms with E-state index in [1.807, 2.05) is 4.90 Å². The minimum atomic E-state index is 0.271. The number of anilines is 1. The molecule has 0 saturated carbocycles. The van der Waals surface area contributed by atoms with E-state index in [1.54, 1.807) is 0 Å². The molecule has 2 atom stereocenters. The number of fused-ring (bicyclic) bond motifs is 3. The maximum atomic E-state index is 11.9. The Balaban J connectivity index is 2.12. The smallest absolute Gasteiger partial charge is 0.227 e. The lowest BCUT2D eigenvalue weighted by atomic mass is 9.86. The highest BCUT2D eigenvalue weighted by atomic mass is 35.5. The average Bonchev–Trinajstić information content (AvgIpc) is 2.70. The number of benzene rings is 1. The molecule has 17 heavy (non-hydrogen) atoms. The van der Waals surface area contributed by atoms with Gasteiger partial charge >= 0.3 is 0 Å². The summed E-state index contributed by atoms with van der Waals surface area (Å²) in [6.07, 6.45) is 2.69. The van der Waals surface area contributed by atoms with Crippen LogP contribution in [0.25, 0.3) is 0 Å². The van der Waals surface area contributed by atoms with E-state index < -0.39 is 0 Å². The van der Waals surface area contributed by atoms with Crippen LogP contribution in [0.15, 0.2) is 18.2 Å². The first-order chi connectivity index (χ1) is 8.20. The highest BCUT2D eigenvalue weighted by Crippen LogP contribution is 2.43. The normalized spacial score (nSPS) is 26.9. The van der Waals surface area contributed by atoms with Crippen molar-refractivity contribution in [1.82, 2.24) is 0 Å². The predicted molar refractivity (Wildman–Crippen MR) is 69.8 cm³/mol. The Morgan fingerprint density at radius 2 is 2.29 bits per heavy atom. The van der Waals surface area contributed by atoms with Gasteiger partial charge in [-0.2, -0.15) is 0 Å². The summed E-state index contributed by atoms with van der Waals surface area (Å²) in [7, 11) is 0. The quantitative estimate of drug-likeness (QED) is 0.700. The number of rotatable bonds is 1. The van der Waals surface area contributed by atoms with Crippen LogP contribution >= 0.6 is 11.6 Å². The van der Waals surface area contributed by atoms with Crippen LogP contribution in [0, 0.1) is 6.92 Å². The maximum absolute atomic E-state index is 11.9. The second-order valence-electron chi connectivity index (χ2n) is 5.11. The van der Waals surface area contributed by atoms with Gasteiger partial charge < -0.3 is 4.90 Å². The summed E-state index contributed by atoms with van der Waals surface area (Å²) >= 11 is 6.08. The second kappa shape index (κ2) is 4.02. The molecule has 2 aliphatic rings. The number of carbonyl (C=O) groups excluding carboxylic acids is 1. The molecular formula is C14H16ClNO. The zero-order valence-corrected chi connectivity index (χ0v) is 10.7. The molecule has 1 fully saturated rings. The Labute approximate surface area is 107 Å². The first-order valence-corrected chi connectivity index (χ1v) is 6.72. The number of carbonyl (C=O) groups is 1. The molecule has 3 rings (SSSR count). The van der Waals surface area contributed by atoms with Crippen LogP contribution in [0.2, 0.25) is 0 Å². The fraction of sp³-hybridized carbons (Fsp3) is 0.500. The lowest BCUT2D eigenvalue weighted by Crippen LogP contribution is -2.38. The fourth-order valence-electron chi connectivity index (χ4n) is 3.12. The third-order valence-corrected chi connectivity index (χ3v) is 4.32. The minimum Gasteiger partial charge on any atom is -0.309 e. The summed E-state index contributed by atoms with van der Waals surface area (Å²) in [6.45, 7) is 2.09. The SMILES string of the molecule is Cc1ccc2c(c1)[C@@H](CCl)C[C@H]1CCC(=O)N21. The molecule has 0 aliphatic carbocycles. The number of alkyl halides is 1. The third-order valence-electron chi connectivity index (χ3n) is 3.95. The summed E-state index contributed by atoms with van der Waals surface area (Å²) in [5.41, 5.74) is 3.59. The summed E-state index contributed by atoms with van der Waals surface area (Å²) in [4.78, 5) is 13.9. The van der Waals surface area contributed by atoms with Crippen molar-refractivity contribution in [2.24, 2.45) is 0 Å². The van der Waals surface area contributed by atoms with Gasteiger partial charge in [0.2, 0.25) is 5.91 Å². The Morgan fingerprint density at radius 3 is 3.06 bits per heavy atom. The van der Waals surface area contributed by atoms with Crippen molar-refractivity contribution in [1.29, 1.82) is 0 Å². The predicted octanol–water partition coefficient (Wildman–Crippen LogP) is 3.22. The molecule has 3 heteroatoms. The largest absolute Gasteiger partial charge is 0.309 e. The van der Waals surface area contributed by atoms with E-state index in [9.17, 15) is 4.79 Å². The lowest BCUT2D eigenvalue weighted by molar-refractivity contribution is -0.117. The first-order valence-electron chi connectivity index (χ1n) is 6.19. The van der Waals surface area contributed by atoms with Crippen molar-refractivity contribution >= 4 is 23.2 Å². The maximum Gasteiger partial charge on any atom is 0.227 e. The van der Waals surface area contributed by atoms with E-state index in [1.165, 1.54) is 11.1 Å². The van der Waals surface area contributed by atoms with Gasteiger partial charge in [-0.05, 0) is 31.4 Å². The van der Waals surface area contributed by atoms with Crippen LogP contribution in [0.1, 0.15) is 36.3 Å². The number of aryl methyl sites for hydroxylation is 1. The number of hydrogen-bond acceptors (Lipinski definition) is 1. The van der Waals surface area contributed by atoms with E-state index in [2.05, 4.69) is 25.1 Å². The molecule has 1 saturated heterocycles. The van der Waals surface area contributed by atoms with Gasteiger partial charge in [0, 0.05) is 29.9 Å². The molecule has 1 aromatic carbocycles. The molecular weight excluding hydrogens is 234 g/mol. The van der Waals surface area contributed by atoms with Crippen molar-refractivity contribution < 1.29 is 4.79 Å². The molecule has 2 heterocycles. The standard InChI is InChI=1S/C14H16ClNO/c1-9-2-4-13-12(6-9)10(8-15)7-11-3-5-14(17)16(11)13/h2,4,6,10-11H,3,5,7-8H2,1H3/t10-,11-/m1/s1. The van der Waals surface area contributed by atoms with Gasteiger partial charge in [0.25, 0.3) is 0 Å². The number of hydrogen-bond donors (Lipinski definition) is 0. The summed E-state index contributed by atoms with van der Waals surface area (Å²) in [5.74, 6) is 1.32. The van der Waals surface area contributed by atoms with Gasteiger partial charge in [0.1, 0.15) is 0 Å². The zero-order chi connectivity index (χ0) is 12.0. The van der Waals surface area contributed by atoms with E-state index in [0.717, 1.165) is 18.5 Å². The lowest BCUT2D eigenvalue weighted by Gasteiger charge is -2.36. The van der Waals surface area contributed by atoms with E-state index in [4.69, 9.17) is 11.6 Å². The van der Waals surface area contributed by atoms with E-state index >= 15 is 0 Å². The highest BCUT2D eigenvalue weighted by Gasteiger charge is 2.39. The highest BCUT2D eigenvalue weighted by molar-refractivity contribution is 6.18. The molecule has 0 unspecified atom stereocenters. The van der Waals surface area contributed by atoms with Crippen molar-refractivity contribution in [3.63, 3.8) is 0 Å². The topological polar surface area (TPSA) is 20.3 Å². The molecule has 1 amide bonds. The fourth-order valence-corrected chi connectivity index (χ4v) is 3.41. The van der Waals surface area contributed by atoms with Crippen molar-refractivity contribution in [3.05, 3.63) is 29.3 Å². The molecule has 2 nitrogen and oxygen atoms in total. The molecule has 2 aliphatic heterocycles. The Kier molecular flexibility index (Phi) is 2.62. The first kappa shape index (κ1) is 11.1. The number of amides is 1. The number of nitrogens with zero attached hydrogens (tertiary/aromatic N) is 1. The van der Waals surface area contributed by atoms with Crippen molar-refractivity contribution in [2.75, 3.05) is 10.8 Å². The van der Waals surface area contributed by atoms with Crippen molar-refractivity contribution in [3.8, 4) is 0 Å². The van der Waals surface area contributed by atoms with Gasteiger partial charge in [-0.25, -0.2) is 0 Å². The Bertz CT molecular complexity index is 471. The number of halogens is 1. The molecule has 0 radical (unpaired) electrons. The molecule has 0 N–H and O–H groups in total. The molecule has 0 spiro atoms. The second-order valence-corrected chi connectivity index (χ2v) is 5.41. The zero-order valence-electron chi connectivity index (χ0n) is 9.95. The summed E-state index contributed by atoms with van der Waals surface area (Å²) < 4.78 is 0. The third kappa shape index (κ3) is 1.66. The Morgan fingerprint density at radius 1 is 1.47 bits per heavy atom. The van der Waals surface area contributed by atoms with Gasteiger partial charge in [-0.15, -0.1) is 11.6 Å². The van der Waals surface area contributed by atoms with Crippen LogP contribution < -0.4 is 4.90 Å². The minimum absolute atomic E-state index is 0.271. The molecule has 0 bridgehead atoms. The van der Waals surface area contributed by atoms with Crippen LogP contribution in [-0.4, -0.2) is 17.8 Å². The summed E-state index contributed by atoms with van der Waals surface area (Å²) in [5, 5.41) is 0. The van der Waals surface area contributed by atoms with Crippen LogP contribution in [0.5, 0.6) is 0 Å². The monoisotopic (exact) mass is 249 g/mol. The van der Waals surface area contributed by atoms with E-state index in [0.29, 0.717) is 24.3 Å². The van der Waals surface area contributed by atoms with Gasteiger partial charge in [-0.1, -0.05) is 17.7 Å². The van der Waals surface area contributed by atoms with Gasteiger partial charge in [-0.3, -0.25) is 4.79 Å². The van der Waals surface area contributed by atoms with Gasteiger partial charge in [0.15, 0.2) is 0 Å². The molecule has 1 aromatic rings. The molecule has 90 valence electrons. The van der Waals surface area contributed by atoms with Crippen LogP contribution in [0.3, 0.4) is 0 Å². The summed E-state index contributed by atoms with van der Waals surface area (Å²) in [6, 6.07) is 6.73. The average molecular weight is 250 g/mol.